The number of carbonyl (C=O) groups is 2. The van der Waals surface area contributed by atoms with Crippen molar-refractivity contribution in [1.82, 2.24) is 5.32 Å². The number of rotatable bonds is 1. The molecule has 71 valence electrons. The standard InChI is InChI=1S/C10H8NO2S/c1-6-4-2-3-5-7(6)8-9(12)11-10(13)14-8/h2-3,5,8H,1H3,(H,11,12,13). The second kappa shape index (κ2) is 3.46. The minimum atomic E-state index is -0.403. The van der Waals surface area contributed by atoms with Crippen molar-refractivity contribution in [3.05, 3.63) is 35.4 Å². The van der Waals surface area contributed by atoms with Gasteiger partial charge in [0.15, 0.2) is 0 Å². The van der Waals surface area contributed by atoms with E-state index in [9.17, 15) is 9.59 Å². The van der Waals surface area contributed by atoms with Crippen LogP contribution in [0.15, 0.2) is 18.2 Å². The molecule has 4 heteroatoms. The Morgan fingerprint density at radius 2 is 2.29 bits per heavy atom. The van der Waals surface area contributed by atoms with Crippen LogP contribution in [-0.4, -0.2) is 11.1 Å². The summed E-state index contributed by atoms with van der Waals surface area (Å²) >= 11 is 1.02. The predicted octanol–water partition coefficient (Wildman–Crippen LogP) is 1.82. The predicted molar refractivity (Wildman–Crippen MR) is 53.9 cm³/mol. The van der Waals surface area contributed by atoms with Gasteiger partial charge in [0.05, 0.1) is 0 Å². The second-order valence-electron chi connectivity index (χ2n) is 3.03. The summed E-state index contributed by atoms with van der Waals surface area (Å²) in [5.74, 6) is -0.234. The van der Waals surface area contributed by atoms with Gasteiger partial charge in [-0.2, -0.15) is 0 Å². The maximum absolute atomic E-state index is 11.4. The van der Waals surface area contributed by atoms with Crippen LogP contribution < -0.4 is 5.32 Å². The fraction of sp³-hybridized carbons (Fsp3) is 0.200. The van der Waals surface area contributed by atoms with Crippen molar-refractivity contribution in [3.8, 4) is 0 Å². The molecule has 2 rings (SSSR count). The van der Waals surface area contributed by atoms with Crippen LogP contribution in [0.25, 0.3) is 0 Å². The third-order valence-corrected chi connectivity index (χ3v) is 3.10. The fourth-order valence-corrected chi connectivity index (χ4v) is 2.30. The Kier molecular flexibility index (Phi) is 2.29. The second-order valence-corrected chi connectivity index (χ2v) is 4.10. The molecule has 1 unspecified atom stereocenters. The van der Waals surface area contributed by atoms with Gasteiger partial charge in [0.1, 0.15) is 5.25 Å². The van der Waals surface area contributed by atoms with Crippen LogP contribution in [0.2, 0.25) is 0 Å². The Morgan fingerprint density at radius 3 is 2.86 bits per heavy atom. The zero-order valence-corrected chi connectivity index (χ0v) is 8.35. The summed E-state index contributed by atoms with van der Waals surface area (Å²) in [6.45, 7) is 1.88. The average molecular weight is 206 g/mol. The third kappa shape index (κ3) is 1.53. The van der Waals surface area contributed by atoms with Crippen molar-refractivity contribution in [3.63, 3.8) is 0 Å². The molecule has 1 radical (unpaired) electrons. The van der Waals surface area contributed by atoms with Crippen molar-refractivity contribution >= 4 is 22.9 Å². The van der Waals surface area contributed by atoms with E-state index in [2.05, 4.69) is 11.4 Å². The molecule has 1 aliphatic heterocycles. The lowest BCUT2D eigenvalue weighted by Crippen LogP contribution is -2.20. The molecular weight excluding hydrogens is 198 g/mol. The summed E-state index contributed by atoms with van der Waals surface area (Å²) in [5.41, 5.74) is 1.77. The summed E-state index contributed by atoms with van der Waals surface area (Å²) in [5, 5.41) is 1.59. The van der Waals surface area contributed by atoms with Crippen LogP contribution in [-0.2, 0) is 4.79 Å². The first-order valence-electron chi connectivity index (χ1n) is 4.17. The van der Waals surface area contributed by atoms with E-state index < -0.39 is 5.25 Å². The molecule has 1 saturated heterocycles. The summed E-state index contributed by atoms with van der Waals surface area (Å²) in [7, 11) is 0. The quantitative estimate of drug-likeness (QED) is 0.762. The Balaban J connectivity index is 2.36. The van der Waals surface area contributed by atoms with Gasteiger partial charge in [0, 0.05) is 0 Å². The lowest BCUT2D eigenvalue weighted by Gasteiger charge is -2.07. The van der Waals surface area contributed by atoms with Crippen molar-refractivity contribution in [2.24, 2.45) is 0 Å². The number of aryl methyl sites for hydroxylation is 1. The van der Waals surface area contributed by atoms with Gasteiger partial charge in [-0.1, -0.05) is 18.2 Å². The van der Waals surface area contributed by atoms with E-state index in [0.29, 0.717) is 0 Å². The average Bonchev–Trinajstić information content (AvgIpc) is 2.46. The van der Waals surface area contributed by atoms with E-state index >= 15 is 0 Å². The fourth-order valence-electron chi connectivity index (χ4n) is 1.38. The topological polar surface area (TPSA) is 46.2 Å². The molecular formula is C10H8NO2S. The van der Waals surface area contributed by atoms with E-state index in [0.717, 1.165) is 22.9 Å². The summed E-state index contributed by atoms with van der Waals surface area (Å²) in [6, 6.07) is 8.46. The molecule has 1 atom stereocenters. The maximum atomic E-state index is 11.4. The normalized spacial score (nSPS) is 21.1. The molecule has 0 aliphatic carbocycles. The van der Waals surface area contributed by atoms with E-state index in [1.165, 1.54) is 0 Å². The van der Waals surface area contributed by atoms with E-state index in [4.69, 9.17) is 0 Å². The van der Waals surface area contributed by atoms with Crippen LogP contribution in [0, 0.1) is 13.0 Å². The molecule has 1 aromatic carbocycles. The van der Waals surface area contributed by atoms with E-state index in [1.807, 2.05) is 19.1 Å². The molecule has 0 saturated carbocycles. The number of amides is 2. The van der Waals surface area contributed by atoms with Gasteiger partial charge in [0.2, 0.25) is 5.91 Å². The van der Waals surface area contributed by atoms with Gasteiger partial charge in [-0.05, 0) is 35.9 Å². The molecule has 1 fully saturated rings. The first-order valence-corrected chi connectivity index (χ1v) is 5.05. The highest BCUT2D eigenvalue weighted by Gasteiger charge is 2.33. The van der Waals surface area contributed by atoms with Gasteiger partial charge in [0.25, 0.3) is 5.24 Å². The SMILES string of the molecule is Cc1[c]cccc1C1SC(=O)NC1=O. The maximum Gasteiger partial charge on any atom is 0.286 e. The number of thioether (sulfide) groups is 1. The smallest absolute Gasteiger partial charge is 0.286 e. The molecule has 1 aromatic rings. The van der Waals surface area contributed by atoms with Crippen LogP contribution in [0.4, 0.5) is 4.79 Å². The number of benzene rings is 1. The van der Waals surface area contributed by atoms with E-state index in [1.54, 1.807) is 6.07 Å². The summed E-state index contributed by atoms with van der Waals surface area (Å²) in [6.07, 6.45) is 0. The van der Waals surface area contributed by atoms with Crippen LogP contribution in [0.5, 0.6) is 0 Å². The number of hydrogen-bond donors (Lipinski definition) is 1. The van der Waals surface area contributed by atoms with Crippen molar-refractivity contribution < 1.29 is 9.59 Å². The number of nitrogens with one attached hydrogen (secondary N) is 1. The first kappa shape index (κ1) is 9.27. The van der Waals surface area contributed by atoms with Crippen LogP contribution >= 0.6 is 11.8 Å². The minimum absolute atomic E-state index is 0.234. The monoisotopic (exact) mass is 206 g/mol. The number of carbonyl (C=O) groups excluding carboxylic acids is 2. The first-order chi connectivity index (χ1) is 6.68. The Hall–Kier alpha value is -1.29. The molecule has 0 spiro atoms. The highest BCUT2D eigenvalue weighted by Crippen LogP contribution is 2.35. The zero-order chi connectivity index (χ0) is 10.1. The number of imide groups is 1. The van der Waals surface area contributed by atoms with Gasteiger partial charge < -0.3 is 0 Å². The molecule has 0 bridgehead atoms. The molecule has 3 nitrogen and oxygen atoms in total. The van der Waals surface area contributed by atoms with E-state index in [-0.39, 0.29) is 11.1 Å². The van der Waals surface area contributed by atoms with Crippen molar-refractivity contribution in [1.29, 1.82) is 0 Å². The largest absolute Gasteiger partial charge is 0.286 e. The van der Waals surface area contributed by atoms with Crippen molar-refractivity contribution in [2.45, 2.75) is 12.2 Å². The Labute approximate surface area is 85.9 Å². The van der Waals surface area contributed by atoms with Gasteiger partial charge in [-0.3, -0.25) is 14.9 Å². The molecule has 0 aromatic heterocycles. The lowest BCUT2D eigenvalue weighted by molar-refractivity contribution is -0.119. The highest BCUT2D eigenvalue weighted by atomic mass is 32.2. The minimum Gasteiger partial charge on any atom is -0.286 e. The third-order valence-electron chi connectivity index (χ3n) is 2.08. The zero-order valence-electron chi connectivity index (χ0n) is 7.53. The van der Waals surface area contributed by atoms with Crippen LogP contribution in [0.3, 0.4) is 0 Å². The molecule has 1 aliphatic rings. The Morgan fingerprint density at radius 1 is 1.50 bits per heavy atom. The molecule has 2 amide bonds. The van der Waals surface area contributed by atoms with Gasteiger partial charge in [-0.15, -0.1) is 0 Å². The molecule has 14 heavy (non-hydrogen) atoms. The summed E-state index contributed by atoms with van der Waals surface area (Å²) in [4.78, 5) is 22.3. The Bertz CT molecular complexity index is 403. The van der Waals surface area contributed by atoms with Gasteiger partial charge >= 0.3 is 0 Å². The highest BCUT2D eigenvalue weighted by molar-refractivity contribution is 8.15. The summed E-state index contributed by atoms with van der Waals surface area (Å²) < 4.78 is 0. The molecule has 1 heterocycles. The van der Waals surface area contributed by atoms with Crippen LogP contribution in [0.1, 0.15) is 16.4 Å². The lowest BCUT2D eigenvalue weighted by atomic mass is 10.1. The molecule has 1 N–H and O–H groups in total. The number of hydrogen-bond acceptors (Lipinski definition) is 3. The van der Waals surface area contributed by atoms with Gasteiger partial charge in [-0.25, -0.2) is 0 Å². The van der Waals surface area contributed by atoms with Crippen molar-refractivity contribution in [2.75, 3.05) is 0 Å².